The van der Waals surface area contributed by atoms with Crippen LogP contribution in [0.25, 0.3) is 0 Å². The highest BCUT2D eigenvalue weighted by Crippen LogP contribution is 2.24. The molecule has 0 amide bonds. The maximum absolute atomic E-state index is 14.1. The molecule has 0 bridgehead atoms. The largest absolute Gasteiger partial charge is 0.477 e. The van der Waals surface area contributed by atoms with Crippen LogP contribution in [0.1, 0.15) is 16.8 Å². The van der Waals surface area contributed by atoms with Crippen LogP contribution in [-0.2, 0) is 10.0 Å². The van der Waals surface area contributed by atoms with Crippen molar-refractivity contribution >= 4 is 16.0 Å². The van der Waals surface area contributed by atoms with Crippen molar-refractivity contribution < 1.29 is 27.1 Å². The van der Waals surface area contributed by atoms with E-state index in [0.29, 0.717) is 25.6 Å². The molecular formula is C12H14F2N2O4S. The van der Waals surface area contributed by atoms with Crippen molar-refractivity contribution in [2.45, 2.75) is 11.3 Å². The quantitative estimate of drug-likeness (QED) is 0.854. The van der Waals surface area contributed by atoms with Crippen molar-refractivity contribution in [2.75, 3.05) is 26.2 Å². The molecule has 0 aromatic heterocycles. The Balaban J connectivity index is 2.49. The van der Waals surface area contributed by atoms with E-state index in [0.717, 1.165) is 10.4 Å². The number of hydrogen-bond acceptors (Lipinski definition) is 4. The molecule has 1 heterocycles. The van der Waals surface area contributed by atoms with Gasteiger partial charge in [-0.3, -0.25) is 0 Å². The highest BCUT2D eigenvalue weighted by molar-refractivity contribution is 7.89. The van der Waals surface area contributed by atoms with Gasteiger partial charge in [0.25, 0.3) is 0 Å². The third-order valence-electron chi connectivity index (χ3n) is 3.19. The fraction of sp³-hybridized carbons (Fsp3) is 0.417. The normalized spacial score (nSPS) is 17.4. The van der Waals surface area contributed by atoms with Crippen LogP contribution >= 0.6 is 0 Å². The van der Waals surface area contributed by atoms with Crippen molar-refractivity contribution in [3.05, 3.63) is 29.3 Å². The lowest BCUT2D eigenvalue weighted by Gasteiger charge is -2.20. The standard InChI is InChI=1S/C12H14F2N2O4S/c13-8-2-3-9(11(14)10(8)12(17)18)21(19,20)16-6-1-4-15-5-7-16/h2-3,15H,1,4-7H2,(H,17,18). The molecule has 1 fully saturated rings. The Morgan fingerprint density at radius 3 is 2.62 bits per heavy atom. The van der Waals surface area contributed by atoms with Gasteiger partial charge in [0, 0.05) is 19.6 Å². The average Bonchev–Trinajstić information content (AvgIpc) is 2.67. The third-order valence-corrected chi connectivity index (χ3v) is 5.10. The number of nitrogens with zero attached hydrogens (tertiary/aromatic N) is 1. The SMILES string of the molecule is O=C(O)c1c(F)ccc(S(=O)(=O)N2CCCNCC2)c1F. The van der Waals surface area contributed by atoms with Crippen molar-refractivity contribution in [3.63, 3.8) is 0 Å². The van der Waals surface area contributed by atoms with Gasteiger partial charge >= 0.3 is 5.97 Å². The second-order valence-electron chi connectivity index (χ2n) is 4.55. The molecule has 116 valence electrons. The van der Waals surface area contributed by atoms with Gasteiger partial charge < -0.3 is 10.4 Å². The predicted octanol–water partition coefficient (Wildman–Crippen LogP) is 0.647. The van der Waals surface area contributed by atoms with Crippen LogP contribution in [0.3, 0.4) is 0 Å². The van der Waals surface area contributed by atoms with E-state index in [2.05, 4.69) is 5.32 Å². The van der Waals surface area contributed by atoms with Gasteiger partial charge in [0.15, 0.2) is 5.82 Å². The Bertz CT molecular complexity index is 655. The molecule has 9 heteroatoms. The molecule has 0 radical (unpaired) electrons. The maximum atomic E-state index is 14.1. The van der Waals surface area contributed by atoms with Gasteiger partial charge in [0.05, 0.1) is 0 Å². The van der Waals surface area contributed by atoms with Crippen LogP contribution < -0.4 is 5.32 Å². The number of benzene rings is 1. The summed E-state index contributed by atoms with van der Waals surface area (Å²) in [5, 5.41) is 11.8. The molecule has 0 saturated carbocycles. The molecule has 1 aliphatic heterocycles. The second kappa shape index (κ2) is 6.04. The van der Waals surface area contributed by atoms with Crippen molar-refractivity contribution in [3.8, 4) is 0 Å². The van der Waals surface area contributed by atoms with Crippen molar-refractivity contribution in [1.29, 1.82) is 0 Å². The number of nitrogens with one attached hydrogen (secondary N) is 1. The van der Waals surface area contributed by atoms with E-state index in [1.54, 1.807) is 0 Å². The molecule has 0 atom stereocenters. The molecule has 6 nitrogen and oxygen atoms in total. The van der Waals surface area contributed by atoms with E-state index in [-0.39, 0.29) is 13.1 Å². The second-order valence-corrected chi connectivity index (χ2v) is 6.45. The van der Waals surface area contributed by atoms with Crippen LogP contribution in [0.2, 0.25) is 0 Å². The minimum absolute atomic E-state index is 0.140. The minimum atomic E-state index is -4.20. The molecular weight excluding hydrogens is 306 g/mol. The summed E-state index contributed by atoms with van der Waals surface area (Å²) in [7, 11) is -4.20. The van der Waals surface area contributed by atoms with E-state index in [4.69, 9.17) is 5.11 Å². The zero-order valence-corrected chi connectivity index (χ0v) is 11.8. The Labute approximate surface area is 120 Å². The Hall–Kier alpha value is -1.58. The van der Waals surface area contributed by atoms with Gasteiger partial charge in [0.1, 0.15) is 16.3 Å². The smallest absolute Gasteiger partial charge is 0.341 e. The van der Waals surface area contributed by atoms with E-state index in [1.807, 2.05) is 0 Å². The number of rotatable bonds is 3. The molecule has 0 aliphatic carbocycles. The number of halogens is 2. The Morgan fingerprint density at radius 2 is 1.95 bits per heavy atom. The fourth-order valence-electron chi connectivity index (χ4n) is 2.13. The van der Waals surface area contributed by atoms with E-state index < -0.39 is 38.1 Å². The number of hydrogen-bond donors (Lipinski definition) is 2. The molecule has 1 aliphatic rings. The molecule has 2 N–H and O–H groups in total. The lowest BCUT2D eigenvalue weighted by Crippen LogP contribution is -2.35. The first-order chi connectivity index (χ1) is 9.85. The van der Waals surface area contributed by atoms with E-state index >= 15 is 0 Å². The summed E-state index contributed by atoms with van der Waals surface area (Å²) >= 11 is 0. The summed E-state index contributed by atoms with van der Waals surface area (Å²) in [5.41, 5.74) is -1.26. The number of carboxylic acid groups (broad SMARTS) is 1. The minimum Gasteiger partial charge on any atom is -0.477 e. The zero-order valence-electron chi connectivity index (χ0n) is 11.0. The predicted molar refractivity (Wildman–Crippen MR) is 69.6 cm³/mol. The summed E-state index contributed by atoms with van der Waals surface area (Å²) in [6.07, 6.45) is 0.549. The lowest BCUT2D eigenvalue weighted by atomic mass is 10.2. The highest BCUT2D eigenvalue weighted by atomic mass is 32.2. The van der Waals surface area contributed by atoms with Crippen molar-refractivity contribution in [1.82, 2.24) is 9.62 Å². The first-order valence-corrected chi connectivity index (χ1v) is 7.72. The molecule has 21 heavy (non-hydrogen) atoms. The maximum Gasteiger partial charge on any atom is 0.341 e. The van der Waals surface area contributed by atoms with Crippen LogP contribution in [0.15, 0.2) is 17.0 Å². The summed E-state index contributed by atoms with van der Waals surface area (Å²) in [6, 6.07) is 1.40. The number of sulfonamides is 1. The third kappa shape index (κ3) is 3.04. The molecule has 2 rings (SSSR count). The first-order valence-electron chi connectivity index (χ1n) is 6.28. The monoisotopic (exact) mass is 320 g/mol. The Morgan fingerprint density at radius 1 is 1.24 bits per heavy atom. The van der Waals surface area contributed by atoms with Gasteiger partial charge in [-0.15, -0.1) is 0 Å². The number of aromatic carboxylic acids is 1. The molecule has 0 spiro atoms. The first kappa shape index (κ1) is 15.8. The summed E-state index contributed by atoms with van der Waals surface area (Å²) in [6.45, 7) is 1.38. The number of carbonyl (C=O) groups is 1. The van der Waals surface area contributed by atoms with Gasteiger partial charge in [-0.05, 0) is 25.1 Å². The van der Waals surface area contributed by atoms with Gasteiger partial charge in [-0.1, -0.05) is 0 Å². The van der Waals surface area contributed by atoms with Crippen LogP contribution in [0, 0.1) is 11.6 Å². The molecule has 1 saturated heterocycles. The average molecular weight is 320 g/mol. The van der Waals surface area contributed by atoms with Crippen LogP contribution in [-0.4, -0.2) is 50.0 Å². The summed E-state index contributed by atoms with van der Waals surface area (Å²) in [5.74, 6) is -4.73. The van der Waals surface area contributed by atoms with E-state index in [9.17, 15) is 22.0 Å². The van der Waals surface area contributed by atoms with Gasteiger partial charge in [-0.2, -0.15) is 4.31 Å². The van der Waals surface area contributed by atoms with Gasteiger partial charge in [-0.25, -0.2) is 22.0 Å². The van der Waals surface area contributed by atoms with Crippen LogP contribution in [0.5, 0.6) is 0 Å². The molecule has 1 aromatic carbocycles. The topological polar surface area (TPSA) is 86.7 Å². The zero-order chi connectivity index (χ0) is 15.6. The summed E-state index contributed by atoms with van der Waals surface area (Å²) in [4.78, 5) is 10.0. The van der Waals surface area contributed by atoms with Gasteiger partial charge in [0.2, 0.25) is 10.0 Å². The fourth-order valence-corrected chi connectivity index (χ4v) is 3.68. The Kier molecular flexibility index (Phi) is 4.55. The highest BCUT2D eigenvalue weighted by Gasteiger charge is 2.31. The summed E-state index contributed by atoms with van der Waals surface area (Å²) < 4.78 is 53.3. The number of carboxylic acids is 1. The lowest BCUT2D eigenvalue weighted by molar-refractivity contribution is 0.0685. The molecule has 1 aromatic rings. The van der Waals surface area contributed by atoms with E-state index in [1.165, 1.54) is 0 Å². The van der Waals surface area contributed by atoms with Crippen LogP contribution in [0.4, 0.5) is 8.78 Å². The van der Waals surface area contributed by atoms with Crippen molar-refractivity contribution in [2.24, 2.45) is 0 Å². The molecule has 0 unspecified atom stereocenters.